The molecule has 1 aromatic carbocycles. The maximum absolute atomic E-state index is 12.9. The first kappa shape index (κ1) is 9.88. The van der Waals surface area contributed by atoms with Crippen molar-refractivity contribution in [3.8, 4) is 0 Å². The molecule has 0 aliphatic heterocycles. The minimum Gasteiger partial charge on any atom is -0.282 e. The molecule has 0 saturated heterocycles. The predicted octanol–water partition coefficient (Wildman–Crippen LogP) is 1.72. The van der Waals surface area contributed by atoms with E-state index in [1.54, 1.807) is 0 Å². The summed E-state index contributed by atoms with van der Waals surface area (Å²) >= 11 is 0. The van der Waals surface area contributed by atoms with Crippen LogP contribution in [0.2, 0.25) is 0 Å². The molecule has 1 rings (SSSR count). The number of rotatable bonds is 2. The standard InChI is InChI=1S/C8H7FO3S/c1-2-6-3-4-8(7(9)5-6)13(10,11)12/h2-5H,1H2,(H,10,11,12). The average molecular weight is 202 g/mol. The van der Waals surface area contributed by atoms with Gasteiger partial charge >= 0.3 is 0 Å². The topological polar surface area (TPSA) is 54.4 Å². The molecule has 70 valence electrons. The van der Waals surface area contributed by atoms with Gasteiger partial charge in [0.2, 0.25) is 0 Å². The highest BCUT2D eigenvalue weighted by Gasteiger charge is 2.14. The van der Waals surface area contributed by atoms with Gasteiger partial charge in [0.05, 0.1) is 0 Å². The van der Waals surface area contributed by atoms with E-state index in [9.17, 15) is 12.8 Å². The van der Waals surface area contributed by atoms with E-state index < -0.39 is 20.8 Å². The average Bonchev–Trinajstić information content (AvgIpc) is 2.01. The highest BCUT2D eigenvalue weighted by Crippen LogP contribution is 2.15. The number of halogens is 1. The van der Waals surface area contributed by atoms with Gasteiger partial charge in [-0.3, -0.25) is 4.55 Å². The van der Waals surface area contributed by atoms with E-state index in [0.29, 0.717) is 5.56 Å². The Bertz CT molecular complexity index is 437. The summed E-state index contributed by atoms with van der Waals surface area (Å²) in [5.74, 6) is -0.986. The van der Waals surface area contributed by atoms with E-state index in [2.05, 4.69) is 6.58 Å². The van der Waals surface area contributed by atoms with Crippen molar-refractivity contribution in [2.45, 2.75) is 4.90 Å². The van der Waals surface area contributed by atoms with Crippen LogP contribution < -0.4 is 0 Å². The normalized spacial score (nSPS) is 11.2. The Hall–Kier alpha value is -1.20. The molecule has 0 bridgehead atoms. The molecule has 5 heteroatoms. The second-order valence-electron chi connectivity index (χ2n) is 2.37. The summed E-state index contributed by atoms with van der Waals surface area (Å²) in [6.45, 7) is 3.39. The third-order valence-electron chi connectivity index (χ3n) is 1.47. The fourth-order valence-electron chi connectivity index (χ4n) is 0.853. The van der Waals surface area contributed by atoms with E-state index in [1.807, 2.05) is 0 Å². The van der Waals surface area contributed by atoms with Gasteiger partial charge in [0, 0.05) is 0 Å². The summed E-state index contributed by atoms with van der Waals surface area (Å²) in [4.78, 5) is -0.724. The lowest BCUT2D eigenvalue weighted by molar-refractivity contribution is 0.473. The van der Waals surface area contributed by atoms with Crippen LogP contribution in [0.3, 0.4) is 0 Å². The van der Waals surface area contributed by atoms with Gasteiger partial charge in [-0.05, 0) is 17.7 Å². The Morgan fingerprint density at radius 1 is 1.46 bits per heavy atom. The van der Waals surface area contributed by atoms with Crippen LogP contribution in [0.25, 0.3) is 6.08 Å². The summed E-state index contributed by atoms with van der Waals surface area (Å²) in [5.41, 5.74) is 0.449. The Morgan fingerprint density at radius 2 is 2.08 bits per heavy atom. The minimum absolute atomic E-state index is 0.449. The zero-order valence-corrected chi connectivity index (χ0v) is 7.38. The van der Waals surface area contributed by atoms with Gasteiger partial charge in [0.15, 0.2) is 0 Å². The van der Waals surface area contributed by atoms with Gasteiger partial charge in [0.25, 0.3) is 10.1 Å². The van der Waals surface area contributed by atoms with Gasteiger partial charge in [-0.25, -0.2) is 4.39 Å². The number of benzene rings is 1. The molecule has 13 heavy (non-hydrogen) atoms. The second-order valence-corrected chi connectivity index (χ2v) is 3.76. The Kier molecular flexibility index (Phi) is 2.49. The maximum atomic E-state index is 12.9. The molecule has 3 nitrogen and oxygen atoms in total. The molecule has 0 fully saturated rings. The molecular weight excluding hydrogens is 195 g/mol. The maximum Gasteiger partial charge on any atom is 0.297 e. The van der Waals surface area contributed by atoms with Crippen molar-refractivity contribution in [2.75, 3.05) is 0 Å². The van der Waals surface area contributed by atoms with E-state index in [4.69, 9.17) is 4.55 Å². The highest BCUT2D eigenvalue weighted by molar-refractivity contribution is 7.85. The molecule has 0 aliphatic rings. The van der Waals surface area contributed by atoms with Crippen LogP contribution in [-0.2, 0) is 10.1 Å². The van der Waals surface area contributed by atoms with Crippen molar-refractivity contribution in [1.82, 2.24) is 0 Å². The number of hydrogen-bond acceptors (Lipinski definition) is 2. The molecule has 0 saturated carbocycles. The van der Waals surface area contributed by atoms with E-state index in [1.165, 1.54) is 12.1 Å². The molecule has 1 aromatic rings. The van der Waals surface area contributed by atoms with Crippen molar-refractivity contribution >= 4 is 16.2 Å². The lowest BCUT2D eigenvalue weighted by atomic mass is 10.2. The predicted molar refractivity (Wildman–Crippen MR) is 46.3 cm³/mol. The third-order valence-corrected chi connectivity index (χ3v) is 2.36. The van der Waals surface area contributed by atoms with Crippen molar-refractivity contribution in [2.24, 2.45) is 0 Å². The Labute approximate surface area is 75.3 Å². The van der Waals surface area contributed by atoms with Crippen LogP contribution in [0, 0.1) is 5.82 Å². The summed E-state index contributed by atoms with van der Waals surface area (Å²) in [6.07, 6.45) is 1.37. The van der Waals surface area contributed by atoms with Gasteiger partial charge < -0.3 is 0 Å². The molecule has 0 unspecified atom stereocenters. The molecule has 1 N–H and O–H groups in total. The van der Waals surface area contributed by atoms with Crippen molar-refractivity contribution in [3.63, 3.8) is 0 Å². The van der Waals surface area contributed by atoms with Crippen LogP contribution in [-0.4, -0.2) is 13.0 Å². The fourth-order valence-corrected chi connectivity index (χ4v) is 1.40. The lowest BCUT2D eigenvalue weighted by Gasteiger charge is -1.99. The first-order valence-corrected chi connectivity index (χ1v) is 4.78. The molecule has 0 spiro atoms. The SMILES string of the molecule is C=Cc1ccc(S(=O)(=O)O)c(F)c1. The van der Waals surface area contributed by atoms with Crippen molar-refractivity contribution < 1.29 is 17.4 Å². The first-order chi connectivity index (χ1) is 5.95. The molecule has 0 aromatic heterocycles. The molecule has 0 aliphatic carbocycles. The van der Waals surface area contributed by atoms with Crippen LogP contribution in [0.4, 0.5) is 4.39 Å². The quantitative estimate of drug-likeness (QED) is 0.743. The van der Waals surface area contributed by atoms with E-state index >= 15 is 0 Å². The lowest BCUT2D eigenvalue weighted by Crippen LogP contribution is -2.01. The first-order valence-electron chi connectivity index (χ1n) is 3.34. The monoisotopic (exact) mass is 202 g/mol. The summed E-state index contributed by atoms with van der Waals surface area (Å²) < 4.78 is 42.6. The summed E-state index contributed by atoms with van der Waals surface area (Å²) in [7, 11) is -4.47. The van der Waals surface area contributed by atoms with Gasteiger partial charge in [-0.15, -0.1) is 0 Å². The largest absolute Gasteiger partial charge is 0.297 e. The molecule has 0 radical (unpaired) electrons. The van der Waals surface area contributed by atoms with Gasteiger partial charge in [-0.2, -0.15) is 8.42 Å². The van der Waals surface area contributed by atoms with Crippen molar-refractivity contribution in [3.05, 3.63) is 36.2 Å². The zero-order chi connectivity index (χ0) is 10.1. The molecule has 0 amide bonds. The van der Waals surface area contributed by atoms with E-state index in [0.717, 1.165) is 12.1 Å². The van der Waals surface area contributed by atoms with E-state index in [-0.39, 0.29) is 0 Å². The number of hydrogen-bond donors (Lipinski definition) is 1. The minimum atomic E-state index is -4.47. The van der Waals surface area contributed by atoms with Crippen LogP contribution in [0.5, 0.6) is 0 Å². The summed E-state index contributed by atoms with van der Waals surface area (Å²) in [6, 6.07) is 3.32. The van der Waals surface area contributed by atoms with Crippen molar-refractivity contribution in [1.29, 1.82) is 0 Å². The molecule has 0 heterocycles. The third kappa shape index (κ3) is 2.13. The second kappa shape index (κ2) is 3.27. The van der Waals surface area contributed by atoms with Crippen LogP contribution >= 0.6 is 0 Å². The Balaban J connectivity index is 3.37. The van der Waals surface area contributed by atoms with Crippen LogP contribution in [0.1, 0.15) is 5.56 Å². The highest BCUT2D eigenvalue weighted by atomic mass is 32.2. The molecule has 0 atom stereocenters. The fraction of sp³-hybridized carbons (Fsp3) is 0. The van der Waals surface area contributed by atoms with Gasteiger partial charge in [-0.1, -0.05) is 18.7 Å². The molecular formula is C8H7FO3S. The summed E-state index contributed by atoms with van der Waals surface area (Å²) in [5, 5.41) is 0. The smallest absolute Gasteiger partial charge is 0.282 e. The zero-order valence-electron chi connectivity index (χ0n) is 6.57. The Morgan fingerprint density at radius 3 is 2.46 bits per heavy atom. The van der Waals surface area contributed by atoms with Gasteiger partial charge in [0.1, 0.15) is 10.7 Å². The van der Waals surface area contributed by atoms with Crippen LogP contribution in [0.15, 0.2) is 29.7 Å².